The molecule has 13 heteroatoms. The van der Waals surface area contributed by atoms with Crippen LogP contribution in [0, 0.1) is 12.3 Å². The molecule has 0 aliphatic carbocycles. The van der Waals surface area contributed by atoms with Crippen molar-refractivity contribution < 1.29 is 28.6 Å². The van der Waals surface area contributed by atoms with Crippen LogP contribution in [-0.4, -0.2) is 59.2 Å². The van der Waals surface area contributed by atoms with E-state index in [2.05, 4.69) is 25.6 Å². The number of anilines is 2. The number of nitrogens with one attached hydrogen (secondary N) is 4. The number of hydrogen-bond acceptors (Lipinski definition) is 10. The summed E-state index contributed by atoms with van der Waals surface area (Å²) in [4.78, 5) is 49.6. The van der Waals surface area contributed by atoms with E-state index in [0.717, 1.165) is 16.1 Å². The molecule has 4 rings (SSSR count). The SMILES string of the molecule is CCOC(=O)NC(=N)c1ccc(NCc2nc3c(C)c(OC(=O)N(CC(=O)OC)c4ccccn4)ccc3[nH]2)cc1. The highest BCUT2D eigenvalue weighted by Crippen LogP contribution is 2.27. The predicted octanol–water partition coefficient (Wildman–Crippen LogP) is 4.13. The van der Waals surface area contributed by atoms with Crippen LogP contribution < -0.4 is 20.3 Å². The predicted molar refractivity (Wildman–Crippen MR) is 151 cm³/mol. The number of carbonyl (C=O) groups is 3. The molecule has 0 atom stereocenters. The molecule has 41 heavy (non-hydrogen) atoms. The van der Waals surface area contributed by atoms with E-state index < -0.39 is 18.2 Å². The fourth-order valence-corrected chi connectivity index (χ4v) is 3.82. The summed E-state index contributed by atoms with van der Waals surface area (Å²) in [7, 11) is 1.24. The average molecular weight is 560 g/mol. The Hall–Kier alpha value is -5.46. The molecule has 2 amide bonds. The van der Waals surface area contributed by atoms with Crippen LogP contribution in [0.25, 0.3) is 11.0 Å². The molecule has 0 bridgehead atoms. The summed E-state index contributed by atoms with van der Waals surface area (Å²) < 4.78 is 15.1. The number of carbonyl (C=O) groups excluding carboxylic acids is 3. The lowest BCUT2D eigenvalue weighted by atomic mass is 10.2. The smallest absolute Gasteiger partial charge is 0.421 e. The Bertz CT molecular complexity index is 1550. The fraction of sp³-hybridized carbons (Fsp3) is 0.214. The topological polar surface area (TPSA) is 172 Å². The molecule has 0 fully saturated rings. The summed E-state index contributed by atoms with van der Waals surface area (Å²) in [6, 6.07) is 15.4. The zero-order valence-corrected chi connectivity index (χ0v) is 22.7. The Kier molecular flexibility index (Phi) is 9.09. The van der Waals surface area contributed by atoms with Gasteiger partial charge in [-0.2, -0.15) is 0 Å². The lowest BCUT2D eigenvalue weighted by molar-refractivity contribution is -0.138. The van der Waals surface area contributed by atoms with Crippen LogP contribution in [0.2, 0.25) is 0 Å². The van der Waals surface area contributed by atoms with E-state index in [1.54, 1.807) is 68.4 Å². The van der Waals surface area contributed by atoms with Gasteiger partial charge in [-0.3, -0.25) is 15.5 Å². The first-order valence-corrected chi connectivity index (χ1v) is 12.6. The molecule has 0 aliphatic rings. The van der Waals surface area contributed by atoms with Crippen LogP contribution in [0.5, 0.6) is 5.75 Å². The van der Waals surface area contributed by atoms with Crippen molar-refractivity contribution in [3.8, 4) is 5.75 Å². The average Bonchev–Trinajstić information content (AvgIpc) is 3.41. The molecular formula is C28H29N7O6. The van der Waals surface area contributed by atoms with Gasteiger partial charge in [0.2, 0.25) is 0 Å². The van der Waals surface area contributed by atoms with Crippen LogP contribution in [0.4, 0.5) is 21.1 Å². The van der Waals surface area contributed by atoms with Gasteiger partial charge in [0, 0.05) is 23.0 Å². The highest BCUT2D eigenvalue weighted by atomic mass is 16.6. The third kappa shape index (κ3) is 7.15. The minimum absolute atomic E-state index is 0.0623. The number of fused-ring (bicyclic) bond motifs is 1. The monoisotopic (exact) mass is 559 g/mol. The molecule has 0 unspecified atom stereocenters. The number of imidazole rings is 1. The van der Waals surface area contributed by atoms with E-state index in [1.165, 1.54) is 13.3 Å². The molecule has 0 radical (unpaired) electrons. The minimum Gasteiger partial charge on any atom is -0.468 e. The quantitative estimate of drug-likeness (QED) is 0.134. The molecule has 0 aliphatic heterocycles. The van der Waals surface area contributed by atoms with Gasteiger partial charge in [0.05, 0.1) is 31.3 Å². The number of hydrogen-bond donors (Lipinski definition) is 4. The fourth-order valence-electron chi connectivity index (χ4n) is 3.82. The number of methoxy groups -OCH3 is 1. The van der Waals surface area contributed by atoms with Gasteiger partial charge < -0.3 is 24.5 Å². The number of amidine groups is 1. The molecular weight excluding hydrogens is 530 g/mol. The van der Waals surface area contributed by atoms with E-state index in [-0.39, 0.29) is 30.6 Å². The van der Waals surface area contributed by atoms with Gasteiger partial charge in [-0.15, -0.1) is 0 Å². The first-order chi connectivity index (χ1) is 19.8. The molecule has 4 N–H and O–H groups in total. The zero-order valence-electron chi connectivity index (χ0n) is 22.7. The summed E-state index contributed by atoms with van der Waals surface area (Å²) in [6.45, 7) is 3.70. The highest BCUT2D eigenvalue weighted by molar-refractivity contribution is 6.04. The number of pyridine rings is 1. The first-order valence-electron chi connectivity index (χ1n) is 12.6. The van der Waals surface area contributed by atoms with Crippen LogP contribution >= 0.6 is 0 Å². The van der Waals surface area contributed by atoms with Crippen molar-refractivity contribution in [2.45, 2.75) is 20.4 Å². The zero-order chi connectivity index (χ0) is 29.4. The van der Waals surface area contributed by atoms with E-state index >= 15 is 0 Å². The number of alkyl carbamates (subject to hydrolysis) is 1. The van der Waals surface area contributed by atoms with Gasteiger partial charge in [-0.25, -0.2) is 24.5 Å². The Morgan fingerprint density at radius 1 is 1.07 bits per heavy atom. The Labute approximate surface area is 235 Å². The summed E-state index contributed by atoms with van der Waals surface area (Å²) in [6.07, 6.45) is 0.0410. The second-order valence-corrected chi connectivity index (χ2v) is 8.64. The number of esters is 1. The summed E-state index contributed by atoms with van der Waals surface area (Å²) in [5.74, 6) is 0.495. The number of aromatic amines is 1. The van der Waals surface area contributed by atoms with E-state index in [9.17, 15) is 14.4 Å². The molecule has 4 aromatic rings. The maximum atomic E-state index is 13.0. The Balaban J connectivity index is 1.43. The number of ether oxygens (including phenoxy) is 3. The van der Waals surface area contributed by atoms with Crippen molar-refractivity contribution >= 4 is 46.5 Å². The molecule has 0 spiro atoms. The molecule has 0 saturated carbocycles. The second kappa shape index (κ2) is 13.1. The largest absolute Gasteiger partial charge is 0.468 e. The summed E-state index contributed by atoms with van der Waals surface area (Å²) in [5.41, 5.74) is 3.32. The van der Waals surface area contributed by atoms with Crippen molar-refractivity contribution in [1.29, 1.82) is 5.41 Å². The van der Waals surface area contributed by atoms with Crippen LogP contribution in [0.1, 0.15) is 23.9 Å². The van der Waals surface area contributed by atoms with Gasteiger partial charge >= 0.3 is 18.2 Å². The first kappa shape index (κ1) is 28.5. The van der Waals surface area contributed by atoms with Crippen molar-refractivity contribution in [3.63, 3.8) is 0 Å². The van der Waals surface area contributed by atoms with Crippen molar-refractivity contribution in [2.75, 3.05) is 30.5 Å². The number of nitrogens with zero attached hydrogens (tertiary/aromatic N) is 3. The maximum Gasteiger partial charge on any atom is 0.421 e. The number of amides is 2. The Morgan fingerprint density at radius 2 is 1.85 bits per heavy atom. The number of aromatic nitrogens is 3. The van der Waals surface area contributed by atoms with Crippen LogP contribution in [-0.2, 0) is 20.8 Å². The molecule has 2 aromatic carbocycles. The third-order valence-corrected chi connectivity index (χ3v) is 5.90. The number of aryl methyl sites for hydroxylation is 1. The molecule has 212 valence electrons. The van der Waals surface area contributed by atoms with Crippen molar-refractivity contribution in [1.82, 2.24) is 20.3 Å². The number of rotatable bonds is 9. The summed E-state index contributed by atoms with van der Waals surface area (Å²) in [5, 5.41) is 13.6. The lowest BCUT2D eigenvalue weighted by Crippen LogP contribution is -2.38. The van der Waals surface area contributed by atoms with Crippen LogP contribution in [0.3, 0.4) is 0 Å². The lowest BCUT2D eigenvalue weighted by Gasteiger charge is -2.20. The Morgan fingerprint density at radius 3 is 2.54 bits per heavy atom. The van der Waals surface area contributed by atoms with Gasteiger partial charge in [-0.1, -0.05) is 6.07 Å². The normalized spacial score (nSPS) is 10.5. The third-order valence-electron chi connectivity index (χ3n) is 5.90. The van der Waals surface area contributed by atoms with Gasteiger partial charge in [0.25, 0.3) is 0 Å². The standard InChI is InChI=1S/C28H29N7O6/c1-4-40-27(37)34-26(29)18-8-10-19(11-9-18)31-15-22-32-20-12-13-21(17(2)25(20)33-22)41-28(38)35(16-24(36)39-3)23-7-5-6-14-30-23/h5-14,31H,4,15-16H2,1-3H3,(H,32,33)(H2,29,34,37). The second-order valence-electron chi connectivity index (χ2n) is 8.64. The van der Waals surface area contributed by atoms with Gasteiger partial charge in [-0.05, 0) is 62.4 Å². The summed E-state index contributed by atoms with van der Waals surface area (Å²) >= 11 is 0. The highest BCUT2D eigenvalue weighted by Gasteiger charge is 2.24. The molecule has 2 aromatic heterocycles. The minimum atomic E-state index is -0.789. The number of H-pyrrole nitrogens is 1. The van der Waals surface area contributed by atoms with E-state index in [0.29, 0.717) is 29.0 Å². The van der Waals surface area contributed by atoms with Gasteiger partial charge in [0.15, 0.2) is 0 Å². The van der Waals surface area contributed by atoms with Crippen LogP contribution in [0.15, 0.2) is 60.8 Å². The molecule has 2 heterocycles. The van der Waals surface area contributed by atoms with E-state index in [1.807, 2.05) is 0 Å². The van der Waals surface area contributed by atoms with Gasteiger partial charge in [0.1, 0.15) is 29.8 Å². The molecule has 13 nitrogen and oxygen atoms in total. The van der Waals surface area contributed by atoms with E-state index in [4.69, 9.17) is 19.6 Å². The van der Waals surface area contributed by atoms with Crippen molar-refractivity contribution in [3.05, 3.63) is 77.7 Å². The number of benzene rings is 2. The van der Waals surface area contributed by atoms with Crippen molar-refractivity contribution in [2.24, 2.45) is 0 Å². The maximum absolute atomic E-state index is 13.0. The molecule has 0 saturated heterocycles.